The SMILES string of the molecule is COC(C)CC(=O)N1CCN(C(C)c2nc(-c3cccc(C(F)(F)F)c3)no2)CC1. The second-order valence-electron chi connectivity index (χ2n) is 7.38. The molecule has 1 amide bonds. The lowest BCUT2D eigenvalue weighted by Gasteiger charge is -2.37. The van der Waals surface area contributed by atoms with Crippen molar-refractivity contribution in [2.75, 3.05) is 33.3 Å². The number of halogens is 3. The number of benzene rings is 1. The first-order valence-electron chi connectivity index (χ1n) is 9.75. The van der Waals surface area contributed by atoms with Crippen molar-refractivity contribution in [1.29, 1.82) is 0 Å². The Kier molecular flexibility index (Phi) is 6.77. The van der Waals surface area contributed by atoms with E-state index >= 15 is 0 Å². The van der Waals surface area contributed by atoms with Crippen molar-refractivity contribution < 1.29 is 27.2 Å². The molecule has 2 atom stereocenters. The van der Waals surface area contributed by atoms with Gasteiger partial charge in [-0.25, -0.2) is 0 Å². The lowest BCUT2D eigenvalue weighted by atomic mass is 10.1. The Morgan fingerprint density at radius 1 is 1.23 bits per heavy atom. The van der Waals surface area contributed by atoms with Crippen molar-refractivity contribution in [3.63, 3.8) is 0 Å². The van der Waals surface area contributed by atoms with Crippen molar-refractivity contribution in [1.82, 2.24) is 19.9 Å². The van der Waals surface area contributed by atoms with Crippen LogP contribution in [0, 0.1) is 0 Å². The van der Waals surface area contributed by atoms with Gasteiger partial charge in [0.2, 0.25) is 17.6 Å². The minimum absolute atomic E-state index is 0.0567. The van der Waals surface area contributed by atoms with Crippen LogP contribution >= 0.6 is 0 Å². The summed E-state index contributed by atoms with van der Waals surface area (Å²) in [5.74, 6) is 0.502. The van der Waals surface area contributed by atoms with Crippen LogP contribution in [0.1, 0.15) is 37.8 Å². The van der Waals surface area contributed by atoms with Crippen molar-refractivity contribution in [3.8, 4) is 11.4 Å². The molecule has 1 fully saturated rings. The number of ether oxygens (including phenoxy) is 1. The molecule has 2 aromatic rings. The van der Waals surface area contributed by atoms with Crippen LogP contribution in [-0.4, -0.2) is 65.2 Å². The number of aromatic nitrogens is 2. The number of alkyl halides is 3. The molecule has 0 saturated carbocycles. The van der Waals surface area contributed by atoms with Gasteiger partial charge in [0.15, 0.2) is 0 Å². The van der Waals surface area contributed by atoms with E-state index in [-0.39, 0.29) is 29.4 Å². The minimum atomic E-state index is -4.44. The van der Waals surface area contributed by atoms with Crippen molar-refractivity contribution in [3.05, 3.63) is 35.7 Å². The van der Waals surface area contributed by atoms with Crippen molar-refractivity contribution in [2.45, 2.75) is 38.6 Å². The molecule has 1 aromatic heterocycles. The molecule has 2 unspecified atom stereocenters. The van der Waals surface area contributed by atoms with Crippen LogP contribution in [0.2, 0.25) is 0 Å². The highest BCUT2D eigenvalue weighted by atomic mass is 19.4. The van der Waals surface area contributed by atoms with Gasteiger partial charge in [0, 0.05) is 38.9 Å². The first-order chi connectivity index (χ1) is 14.2. The molecular weight excluding hydrogens is 401 g/mol. The van der Waals surface area contributed by atoms with E-state index in [1.165, 1.54) is 12.1 Å². The Labute approximate surface area is 172 Å². The summed E-state index contributed by atoms with van der Waals surface area (Å²) in [7, 11) is 1.58. The summed E-state index contributed by atoms with van der Waals surface area (Å²) in [5.41, 5.74) is -0.516. The third kappa shape index (κ3) is 5.17. The molecule has 7 nitrogen and oxygen atoms in total. The highest BCUT2D eigenvalue weighted by Gasteiger charge is 2.31. The zero-order chi connectivity index (χ0) is 21.9. The summed E-state index contributed by atoms with van der Waals surface area (Å²) in [4.78, 5) is 20.5. The monoisotopic (exact) mass is 426 g/mol. The van der Waals surface area contributed by atoms with Crippen LogP contribution in [0.25, 0.3) is 11.4 Å². The average Bonchev–Trinajstić information content (AvgIpc) is 3.23. The van der Waals surface area contributed by atoms with Crippen molar-refractivity contribution in [2.24, 2.45) is 0 Å². The molecule has 1 aliphatic heterocycles. The molecule has 0 radical (unpaired) electrons. The minimum Gasteiger partial charge on any atom is -0.381 e. The number of carbonyl (C=O) groups is 1. The van der Waals surface area contributed by atoms with E-state index in [0.29, 0.717) is 38.5 Å². The smallest absolute Gasteiger partial charge is 0.381 e. The van der Waals surface area contributed by atoms with E-state index in [9.17, 15) is 18.0 Å². The average molecular weight is 426 g/mol. The van der Waals surface area contributed by atoms with E-state index in [4.69, 9.17) is 9.26 Å². The number of piperazine rings is 1. The second-order valence-corrected chi connectivity index (χ2v) is 7.38. The fourth-order valence-corrected chi connectivity index (χ4v) is 3.33. The van der Waals surface area contributed by atoms with E-state index < -0.39 is 11.7 Å². The Balaban J connectivity index is 1.62. The summed E-state index contributed by atoms with van der Waals surface area (Å²) in [6.07, 6.45) is -4.22. The molecule has 10 heteroatoms. The van der Waals surface area contributed by atoms with Crippen LogP contribution in [-0.2, 0) is 15.7 Å². The number of rotatable bonds is 6. The van der Waals surface area contributed by atoms with Gasteiger partial charge < -0.3 is 14.2 Å². The van der Waals surface area contributed by atoms with Gasteiger partial charge in [-0.15, -0.1) is 0 Å². The molecule has 30 heavy (non-hydrogen) atoms. The summed E-state index contributed by atoms with van der Waals surface area (Å²) < 4.78 is 49.3. The topological polar surface area (TPSA) is 71.7 Å². The van der Waals surface area contributed by atoms with Gasteiger partial charge in [-0.05, 0) is 26.0 Å². The number of carbonyl (C=O) groups excluding carboxylic acids is 1. The quantitative estimate of drug-likeness (QED) is 0.705. The molecule has 1 saturated heterocycles. The third-order valence-corrected chi connectivity index (χ3v) is 5.33. The second kappa shape index (κ2) is 9.13. The molecule has 1 aromatic carbocycles. The molecule has 164 valence electrons. The maximum absolute atomic E-state index is 12.9. The zero-order valence-electron chi connectivity index (χ0n) is 17.1. The molecule has 1 aliphatic rings. The lowest BCUT2D eigenvalue weighted by molar-refractivity contribution is -0.137. The number of amides is 1. The first kappa shape index (κ1) is 22.2. The predicted octanol–water partition coefficient (Wildman–Crippen LogP) is 3.39. The van der Waals surface area contributed by atoms with Crippen LogP contribution in [0.3, 0.4) is 0 Å². The number of nitrogens with zero attached hydrogens (tertiary/aromatic N) is 4. The van der Waals surface area contributed by atoms with Gasteiger partial charge in [0.05, 0.1) is 24.1 Å². The van der Waals surface area contributed by atoms with Gasteiger partial charge in [0.25, 0.3) is 0 Å². The molecule has 0 bridgehead atoms. The number of hydrogen-bond acceptors (Lipinski definition) is 6. The van der Waals surface area contributed by atoms with E-state index in [1.807, 2.05) is 13.8 Å². The molecular formula is C20H25F3N4O3. The van der Waals surface area contributed by atoms with Crippen LogP contribution in [0.5, 0.6) is 0 Å². The fourth-order valence-electron chi connectivity index (χ4n) is 3.33. The van der Waals surface area contributed by atoms with Gasteiger partial charge in [-0.3, -0.25) is 9.69 Å². The fraction of sp³-hybridized carbons (Fsp3) is 0.550. The summed E-state index contributed by atoms with van der Waals surface area (Å²) in [5, 5.41) is 3.85. The normalized spacial score (nSPS) is 17.7. The maximum Gasteiger partial charge on any atom is 0.416 e. The van der Waals surface area contributed by atoms with E-state index in [1.54, 1.807) is 12.0 Å². The Bertz CT molecular complexity index is 863. The summed E-state index contributed by atoms with van der Waals surface area (Å²) >= 11 is 0. The Morgan fingerprint density at radius 2 is 1.93 bits per heavy atom. The van der Waals surface area contributed by atoms with Crippen molar-refractivity contribution >= 4 is 5.91 Å². The zero-order valence-corrected chi connectivity index (χ0v) is 17.1. The summed E-state index contributed by atoms with van der Waals surface area (Å²) in [6.45, 7) is 6.18. The van der Waals surface area contributed by atoms with E-state index in [2.05, 4.69) is 15.0 Å². The van der Waals surface area contributed by atoms with Gasteiger partial charge in [0.1, 0.15) is 0 Å². The summed E-state index contributed by atoms with van der Waals surface area (Å²) in [6, 6.07) is 4.62. The van der Waals surface area contributed by atoms with E-state index in [0.717, 1.165) is 12.1 Å². The maximum atomic E-state index is 12.9. The molecule has 2 heterocycles. The third-order valence-electron chi connectivity index (χ3n) is 5.33. The molecule has 0 aliphatic carbocycles. The highest BCUT2D eigenvalue weighted by Crippen LogP contribution is 2.32. The number of hydrogen-bond donors (Lipinski definition) is 0. The highest BCUT2D eigenvalue weighted by molar-refractivity contribution is 5.76. The molecule has 3 rings (SSSR count). The van der Waals surface area contributed by atoms with Gasteiger partial charge in [-0.2, -0.15) is 18.2 Å². The number of methoxy groups -OCH3 is 1. The van der Waals surface area contributed by atoms with Crippen LogP contribution in [0.4, 0.5) is 13.2 Å². The predicted molar refractivity (Wildman–Crippen MR) is 102 cm³/mol. The molecule has 0 spiro atoms. The standard InChI is InChI=1S/C20H25F3N4O3/c1-13(29-3)11-17(28)27-9-7-26(8-10-27)14(2)19-24-18(25-30-19)15-5-4-6-16(12-15)20(21,22)23/h4-6,12-14H,7-11H2,1-3H3. The Morgan fingerprint density at radius 3 is 2.57 bits per heavy atom. The largest absolute Gasteiger partial charge is 0.416 e. The Hall–Kier alpha value is -2.46. The van der Waals surface area contributed by atoms with Crippen LogP contribution in [0.15, 0.2) is 28.8 Å². The lowest BCUT2D eigenvalue weighted by Crippen LogP contribution is -2.49. The first-order valence-corrected chi connectivity index (χ1v) is 9.75. The van der Waals surface area contributed by atoms with Gasteiger partial charge in [-0.1, -0.05) is 17.3 Å². The van der Waals surface area contributed by atoms with Crippen LogP contribution < -0.4 is 0 Å². The molecule has 0 N–H and O–H groups in total. The van der Waals surface area contributed by atoms with Gasteiger partial charge >= 0.3 is 6.18 Å².